The van der Waals surface area contributed by atoms with E-state index in [1.54, 1.807) is 6.07 Å². The van der Waals surface area contributed by atoms with Gasteiger partial charge in [0.25, 0.3) is 0 Å². The van der Waals surface area contributed by atoms with Gasteiger partial charge in [-0.3, -0.25) is 0 Å². The Morgan fingerprint density at radius 3 is 2.74 bits per heavy atom. The van der Waals surface area contributed by atoms with Crippen molar-refractivity contribution in [2.45, 2.75) is 32.7 Å². The van der Waals surface area contributed by atoms with Crippen LogP contribution in [0.3, 0.4) is 0 Å². The smallest absolute Gasteiger partial charge is 0.224 e. The first-order valence-electron chi connectivity index (χ1n) is 9.32. The summed E-state index contributed by atoms with van der Waals surface area (Å²) in [5.74, 6) is 1.30. The van der Waals surface area contributed by atoms with Crippen molar-refractivity contribution in [1.29, 1.82) is 0 Å². The van der Waals surface area contributed by atoms with E-state index in [0.29, 0.717) is 30.5 Å². The first-order chi connectivity index (χ1) is 13.1. The number of rotatable bonds is 5. The van der Waals surface area contributed by atoms with Crippen LogP contribution in [0.15, 0.2) is 54.6 Å². The van der Waals surface area contributed by atoms with Gasteiger partial charge in [-0.1, -0.05) is 36.4 Å². The molecule has 0 saturated heterocycles. The van der Waals surface area contributed by atoms with Crippen LogP contribution in [0.4, 0.5) is 21.8 Å². The van der Waals surface area contributed by atoms with Crippen LogP contribution in [0.2, 0.25) is 0 Å². The lowest BCUT2D eigenvalue weighted by molar-refractivity contribution is 0.610. The van der Waals surface area contributed by atoms with Crippen LogP contribution in [0, 0.1) is 12.7 Å². The molecule has 1 aromatic heterocycles. The van der Waals surface area contributed by atoms with Crippen molar-refractivity contribution in [1.82, 2.24) is 9.97 Å². The highest BCUT2D eigenvalue weighted by Crippen LogP contribution is 2.37. The van der Waals surface area contributed by atoms with Crippen molar-refractivity contribution >= 4 is 17.5 Å². The highest BCUT2D eigenvalue weighted by atomic mass is 19.1. The third-order valence-electron chi connectivity index (χ3n) is 4.93. The predicted octanol–water partition coefficient (Wildman–Crippen LogP) is 4.66. The van der Waals surface area contributed by atoms with E-state index in [-0.39, 0.29) is 5.82 Å². The molecule has 27 heavy (non-hydrogen) atoms. The summed E-state index contributed by atoms with van der Waals surface area (Å²) in [4.78, 5) is 11.5. The second-order valence-electron chi connectivity index (χ2n) is 7.01. The highest BCUT2D eigenvalue weighted by Gasteiger charge is 2.28. The number of aryl methyl sites for hydroxylation is 1. The van der Waals surface area contributed by atoms with Gasteiger partial charge in [0, 0.05) is 30.0 Å². The highest BCUT2D eigenvalue weighted by molar-refractivity contribution is 5.69. The second kappa shape index (κ2) is 7.35. The Balaban J connectivity index is 1.53. The molecular formula is C22H23FN4. The van der Waals surface area contributed by atoms with Gasteiger partial charge in [-0.15, -0.1) is 0 Å². The number of nitrogens with one attached hydrogen (secondary N) is 1. The number of halogens is 1. The maximum Gasteiger partial charge on any atom is 0.224 e. The van der Waals surface area contributed by atoms with Gasteiger partial charge in [-0.2, -0.15) is 4.98 Å². The largest absolute Gasteiger partial charge is 0.354 e. The fourth-order valence-corrected chi connectivity index (χ4v) is 3.68. The van der Waals surface area contributed by atoms with E-state index in [1.807, 2.05) is 25.1 Å². The van der Waals surface area contributed by atoms with E-state index in [0.717, 1.165) is 17.9 Å². The van der Waals surface area contributed by atoms with Crippen LogP contribution in [-0.2, 0) is 12.8 Å². The van der Waals surface area contributed by atoms with E-state index in [4.69, 9.17) is 4.98 Å². The molecule has 0 aliphatic carbocycles. The zero-order valence-electron chi connectivity index (χ0n) is 15.6. The minimum Gasteiger partial charge on any atom is -0.354 e. The molecule has 3 aromatic rings. The first kappa shape index (κ1) is 17.5. The van der Waals surface area contributed by atoms with Gasteiger partial charge in [0.05, 0.1) is 0 Å². The molecule has 0 amide bonds. The number of hydrogen-bond acceptors (Lipinski definition) is 4. The summed E-state index contributed by atoms with van der Waals surface area (Å²) in [6.45, 7) is 4.76. The van der Waals surface area contributed by atoms with Crippen LogP contribution in [0.5, 0.6) is 0 Å². The van der Waals surface area contributed by atoms with Crippen LogP contribution in [0.25, 0.3) is 0 Å². The van der Waals surface area contributed by atoms with Crippen molar-refractivity contribution in [3.63, 3.8) is 0 Å². The molecule has 2 aromatic carbocycles. The van der Waals surface area contributed by atoms with Crippen molar-refractivity contribution < 1.29 is 4.39 Å². The molecule has 0 radical (unpaired) electrons. The molecule has 1 N–H and O–H groups in total. The summed E-state index contributed by atoms with van der Waals surface area (Å²) in [6, 6.07) is 17.7. The Morgan fingerprint density at radius 2 is 1.89 bits per heavy atom. The molecular weight excluding hydrogens is 339 g/mol. The lowest BCUT2D eigenvalue weighted by Crippen LogP contribution is -2.25. The molecule has 4 nitrogen and oxygen atoms in total. The molecule has 0 fully saturated rings. The Hall–Kier alpha value is -2.95. The van der Waals surface area contributed by atoms with Gasteiger partial charge >= 0.3 is 0 Å². The average molecular weight is 362 g/mol. The van der Waals surface area contributed by atoms with Crippen LogP contribution in [0.1, 0.15) is 23.7 Å². The molecule has 5 heteroatoms. The molecule has 1 unspecified atom stereocenters. The molecule has 4 rings (SSSR count). The van der Waals surface area contributed by atoms with Crippen molar-refractivity contribution in [2.75, 3.05) is 16.8 Å². The third-order valence-corrected chi connectivity index (χ3v) is 4.93. The summed E-state index contributed by atoms with van der Waals surface area (Å²) < 4.78 is 13.8. The first-order valence-corrected chi connectivity index (χ1v) is 9.32. The maximum absolute atomic E-state index is 13.8. The Morgan fingerprint density at radius 1 is 1.11 bits per heavy atom. The van der Waals surface area contributed by atoms with Gasteiger partial charge in [-0.05, 0) is 49.9 Å². The zero-order valence-corrected chi connectivity index (χ0v) is 15.6. The van der Waals surface area contributed by atoms with E-state index in [1.165, 1.54) is 17.3 Å². The molecule has 1 aliphatic heterocycles. The Labute approximate surface area is 159 Å². The van der Waals surface area contributed by atoms with Crippen LogP contribution in [-0.4, -0.2) is 22.6 Å². The van der Waals surface area contributed by atoms with Crippen LogP contribution < -0.4 is 10.2 Å². The minimum absolute atomic E-state index is 0.173. The molecule has 138 valence electrons. The summed E-state index contributed by atoms with van der Waals surface area (Å²) in [7, 11) is 0. The van der Waals surface area contributed by atoms with Crippen molar-refractivity contribution in [2.24, 2.45) is 0 Å². The maximum atomic E-state index is 13.8. The molecule has 1 aliphatic rings. The third kappa shape index (κ3) is 3.63. The number of para-hydroxylation sites is 1. The Kier molecular flexibility index (Phi) is 4.75. The monoisotopic (exact) mass is 362 g/mol. The summed E-state index contributed by atoms with van der Waals surface area (Å²) >= 11 is 0. The Bertz CT molecular complexity index is 957. The van der Waals surface area contributed by atoms with Gasteiger partial charge < -0.3 is 10.2 Å². The number of aromatic nitrogens is 2. The van der Waals surface area contributed by atoms with Crippen LogP contribution >= 0.6 is 0 Å². The lowest BCUT2D eigenvalue weighted by Gasteiger charge is -2.24. The molecule has 0 bridgehead atoms. The fourth-order valence-electron chi connectivity index (χ4n) is 3.68. The average Bonchev–Trinajstić information content (AvgIpc) is 2.98. The summed E-state index contributed by atoms with van der Waals surface area (Å²) in [5.41, 5.74) is 4.15. The standard InChI is InChI=1S/C22H23FN4/c1-15-13-21(27-16(2)14-18-8-4-6-10-20(18)27)26-22(25-15)24-12-11-17-7-3-5-9-19(17)23/h3-10,13,16H,11-12,14H2,1-2H3,(H,24,25,26). The topological polar surface area (TPSA) is 41.1 Å². The molecule has 1 atom stereocenters. The number of fused-ring (bicyclic) bond motifs is 1. The van der Waals surface area contributed by atoms with Crippen molar-refractivity contribution in [3.05, 3.63) is 77.2 Å². The van der Waals surface area contributed by atoms with Gasteiger partial charge in [-0.25, -0.2) is 9.37 Å². The SMILES string of the molecule is Cc1cc(N2c3ccccc3CC2C)nc(NCCc2ccccc2F)n1. The minimum atomic E-state index is -0.173. The summed E-state index contributed by atoms with van der Waals surface area (Å²) in [5, 5.41) is 3.25. The second-order valence-corrected chi connectivity index (χ2v) is 7.01. The normalized spacial score (nSPS) is 15.7. The molecule has 2 heterocycles. The van der Waals surface area contributed by atoms with Gasteiger partial charge in [0.2, 0.25) is 5.95 Å². The number of anilines is 3. The van der Waals surface area contributed by atoms with Gasteiger partial charge in [0.1, 0.15) is 11.6 Å². The van der Waals surface area contributed by atoms with Gasteiger partial charge in [0.15, 0.2) is 0 Å². The molecule has 0 spiro atoms. The van der Waals surface area contributed by atoms with E-state index in [2.05, 4.69) is 46.4 Å². The van der Waals surface area contributed by atoms with E-state index < -0.39 is 0 Å². The van der Waals surface area contributed by atoms with E-state index >= 15 is 0 Å². The number of benzene rings is 2. The van der Waals surface area contributed by atoms with E-state index in [9.17, 15) is 4.39 Å². The predicted molar refractivity (Wildman–Crippen MR) is 107 cm³/mol. The summed E-state index contributed by atoms with van der Waals surface area (Å²) in [6.07, 6.45) is 1.59. The fraction of sp³-hybridized carbons (Fsp3) is 0.273. The quantitative estimate of drug-likeness (QED) is 0.717. The number of nitrogens with zero attached hydrogens (tertiary/aromatic N) is 3. The number of hydrogen-bond donors (Lipinski definition) is 1. The lowest BCUT2D eigenvalue weighted by atomic mass is 10.1. The van der Waals surface area contributed by atoms with Crippen molar-refractivity contribution in [3.8, 4) is 0 Å². The zero-order chi connectivity index (χ0) is 18.8. The molecule has 0 saturated carbocycles.